The molecule has 3 aromatic rings. The van der Waals surface area contributed by atoms with Gasteiger partial charge in [0, 0.05) is 6.07 Å². The molecular formula is C14H9ClFN3O2. The third-order valence-electron chi connectivity index (χ3n) is 3.06. The molecule has 0 radical (unpaired) electrons. The number of hydrogen-bond donors (Lipinski definition) is 1. The number of aromatic carboxylic acids is 1. The molecule has 0 bridgehead atoms. The maximum Gasteiger partial charge on any atom is 0.354 e. The Bertz CT molecular complexity index is 876. The Morgan fingerprint density at radius 2 is 2.10 bits per heavy atom. The lowest BCUT2D eigenvalue weighted by molar-refractivity contribution is 0.0691. The number of aromatic nitrogens is 3. The summed E-state index contributed by atoms with van der Waals surface area (Å²) in [5.41, 5.74) is 2.04. The van der Waals surface area contributed by atoms with Crippen molar-refractivity contribution in [3.63, 3.8) is 0 Å². The predicted molar refractivity (Wildman–Crippen MR) is 75.5 cm³/mol. The molecule has 1 N–H and O–H groups in total. The maximum atomic E-state index is 13.6. The van der Waals surface area contributed by atoms with Gasteiger partial charge in [0.15, 0.2) is 0 Å². The van der Waals surface area contributed by atoms with Crippen molar-refractivity contribution in [1.82, 2.24) is 14.8 Å². The lowest BCUT2D eigenvalue weighted by atomic mass is 10.2. The molecule has 5 nitrogen and oxygen atoms in total. The molecule has 0 aliphatic carbocycles. The van der Waals surface area contributed by atoms with E-state index < -0.39 is 11.8 Å². The van der Waals surface area contributed by atoms with Crippen LogP contribution in [0.25, 0.3) is 16.7 Å². The Labute approximate surface area is 123 Å². The Hall–Kier alpha value is -2.47. The van der Waals surface area contributed by atoms with Gasteiger partial charge < -0.3 is 5.11 Å². The standard InChI is InChI=1S/C14H9ClFN3O2/c1-7-13-12(5-4-11(17-13)14(20)21)19(18-7)8-2-3-9(15)10(16)6-8/h2-6H,1H3,(H,20,21). The van der Waals surface area contributed by atoms with Gasteiger partial charge in [-0.25, -0.2) is 18.9 Å². The van der Waals surface area contributed by atoms with Gasteiger partial charge in [-0.2, -0.15) is 5.10 Å². The number of fused-ring (bicyclic) bond motifs is 1. The van der Waals surface area contributed by atoms with E-state index in [1.54, 1.807) is 19.1 Å². The number of benzene rings is 1. The second-order valence-electron chi connectivity index (χ2n) is 4.47. The van der Waals surface area contributed by atoms with E-state index in [1.165, 1.54) is 22.9 Å². The topological polar surface area (TPSA) is 68.0 Å². The van der Waals surface area contributed by atoms with Crippen molar-refractivity contribution in [2.24, 2.45) is 0 Å². The summed E-state index contributed by atoms with van der Waals surface area (Å²) in [5.74, 6) is -1.66. The summed E-state index contributed by atoms with van der Waals surface area (Å²) >= 11 is 5.66. The first-order valence-corrected chi connectivity index (χ1v) is 6.40. The molecule has 0 unspecified atom stereocenters. The summed E-state index contributed by atoms with van der Waals surface area (Å²) in [6.45, 7) is 1.71. The van der Waals surface area contributed by atoms with Gasteiger partial charge in [-0.05, 0) is 31.2 Å². The smallest absolute Gasteiger partial charge is 0.354 e. The molecule has 0 aliphatic rings. The third-order valence-corrected chi connectivity index (χ3v) is 3.37. The van der Waals surface area contributed by atoms with Crippen LogP contribution in [0.1, 0.15) is 16.2 Å². The number of rotatable bonds is 2. The average molecular weight is 306 g/mol. The highest BCUT2D eigenvalue weighted by atomic mass is 35.5. The zero-order valence-corrected chi connectivity index (χ0v) is 11.6. The van der Waals surface area contributed by atoms with Gasteiger partial charge in [0.2, 0.25) is 0 Å². The molecule has 0 spiro atoms. The Kier molecular flexibility index (Phi) is 3.10. The van der Waals surface area contributed by atoms with Crippen LogP contribution in [0.2, 0.25) is 5.02 Å². The molecule has 0 amide bonds. The Morgan fingerprint density at radius 3 is 2.76 bits per heavy atom. The second-order valence-corrected chi connectivity index (χ2v) is 4.87. The fourth-order valence-corrected chi connectivity index (χ4v) is 2.19. The summed E-state index contributed by atoms with van der Waals surface area (Å²) in [7, 11) is 0. The van der Waals surface area contributed by atoms with Crippen LogP contribution in [0.3, 0.4) is 0 Å². The molecule has 106 valence electrons. The summed E-state index contributed by atoms with van der Waals surface area (Å²) < 4.78 is 15.1. The van der Waals surface area contributed by atoms with Crippen LogP contribution in [0.5, 0.6) is 0 Å². The fraction of sp³-hybridized carbons (Fsp3) is 0.0714. The SMILES string of the molecule is Cc1nn(-c2ccc(Cl)c(F)c2)c2ccc(C(=O)O)nc12. The minimum Gasteiger partial charge on any atom is -0.477 e. The van der Waals surface area contributed by atoms with Gasteiger partial charge in [-0.15, -0.1) is 0 Å². The van der Waals surface area contributed by atoms with Crippen LogP contribution in [-0.2, 0) is 0 Å². The van der Waals surface area contributed by atoms with Crippen molar-refractivity contribution in [2.75, 3.05) is 0 Å². The number of carboxylic acids is 1. The molecule has 1 aromatic carbocycles. The lowest BCUT2D eigenvalue weighted by Crippen LogP contribution is -2.01. The number of carbonyl (C=O) groups is 1. The first-order valence-electron chi connectivity index (χ1n) is 6.02. The normalized spacial score (nSPS) is 11.0. The van der Waals surface area contributed by atoms with Crippen molar-refractivity contribution in [2.45, 2.75) is 6.92 Å². The summed E-state index contributed by atoms with van der Waals surface area (Å²) in [6.07, 6.45) is 0. The summed E-state index contributed by atoms with van der Waals surface area (Å²) in [6, 6.07) is 7.31. The van der Waals surface area contributed by atoms with Crippen LogP contribution in [0, 0.1) is 12.7 Å². The van der Waals surface area contributed by atoms with E-state index in [-0.39, 0.29) is 10.7 Å². The fourth-order valence-electron chi connectivity index (χ4n) is 2.07. The molecule has 3 rings (SSSR count). The molecule has 2 aromatic heterocycles. The molecule has 0 fully saturated rings. The Morgan fingerprint density at radius 1 is 1.33 bits per heavy atom. The van der Waals surface area contributed by atoms with E-state index in [1.807, 2.05) is 0 Å². The van der Waals surface area contributed by atoms with Gasteiger partial charge in [0.05, 0.1) is 21.9 Å². The van der Waals surface area contributed by atoms with E-state index in [0.29, 0.717) is 22.4 Å². The van der Waals surface area contributed by atoms with Crippen molar-refractivity contribution in [3.8, 4) is 5.69 Å². The van der Waals surface area contributed by atoms with Gasteiger partial charge in [-0.3, -0.25) is 0 Å². The van der Waals surface area contributed by atoms with E-state index in [9.17, 15) is 9.18 Å². The zero-order valence-electron chi connectivity index (χ0n) is 10.8. The molecule has 21 heavy (non-hydrogen) atoms. The minimum absolute atomic E-state index is 0.0261. The highest BCUT2D eigenvalue weighted by Crippen LogP contribution is 2.23. The molecule has 0 saturated heterocycles. The van der Waals surface area contributed by atoms with Crippen molar-refractivity contribution >= 4 is 28.6 Å². The number of carboxylic acid groups (broad SMARTS) is 1. The average Bonchev–Trinajstić information content (AvgIpc) is 2.79. The van der Waals surface area contributed by atoms with Crippen molar-refractivity contribution < 1.29 is 14.3 Å². The van der Waals surface area contributed by atoms with Crippen LogP contribution in [0.4, 0.5) is 4.39 Å². The van der Waals surface area contributed by atoms with Crippen LogP contribution in [0.15, 0.2) is 30.3 Å². The number of pyridine rings is 1. The predicted octanol–water partition coefficient (Wildman–Crippen LogP) is 3.22. The van der Waals surface area contributed by atoms with Gasteiger partial charge >= 0.3 is 5.97 Å². The quantitative estimate of drug-likeness (QED) is 0.789. The van der Waals surface area contributed by atoms with Gasteiger partial charge in [-0.1, -0.05) is 11.6 Å². The van der Waals surface area contributed by atoms with Crippen LogP contribution in [-0.4, -0.2) is 25.8 Å². The first-order chi connectivity index (χ1) is 9.97. The number of nitrogens with zero attached hydrogens (tertiary/aromatic N) is 3. The molecule has 7 heteroatoms. The number of aryl methyl sites for hydroxylation is 1. The monoisotopic (exact) mass is 305 g/mol. The maximum absolute atomic E-state index is 13.6. The van der Waals surface area contributed by atoms with E-state index >= 15 is 0 Å². The highest BCUT2D eigenvalue weighted by Gasteiger charge is 2.14. The summed E-state index contributed by atoms with van der Waals surface area (Å²) in [5, 5.41) is 13.3. The van der Waals surface area contributed by atoms with Gasteiger partial charge in [0.25, 0.3) is 0 Å². The van der Waals surface area contributed by atoms with E-state index in [0.717, 1.165) is 0 Å². The van der Waals surface area contributed by atoms with Crippen LogP contribution < -0.4 is 0 Å². The van der Waals surface area contributed by atoms with E-state index in [2.05, 4.69) is 10.1 Å². The third kappa shape index (κ3) is 2.23. The largest absolute Gasteiger partial charge is 0.477 e. The molecule has 0 atom stereocenters. The van der Waals surface area contributed by atoms with E-state index in [4.69, 9.17) is 16.7 Å². The molecular weight excluding hydrogens is 297 g/mol. The molecule has 0 aliphatic heterocycles. The van der Waals surface area contributed by atoms with Gasteiger partial charge in [0.1, 0.15) is 17.0 Å². The Balaban J connectivity index is 2.24. The summed E-state index contributed by atoms with van der Waals surface area (Å²) in [4.78, 5) is 15.0. The number of halogens is 2. The van der Waals surface area contributed by atoms with Crippen molar-refractivity contribution in [1.29, 1.82) is 0 Å². The molecule has 0 saturated carbocycles. The highest BCUT2D eigenvalue weighted by molar-refractivity contribution is 6.30. The first kappa shape index (κ1) is 13.5. The minimum atomic E-state index is -1.11. The lowest BCUT2D eigenvalue weighted by Gasteiger charge is -2.04. The number of hydrogen-bond acceptors (Lipinski definition) is 3. The zero-order chi connectivity index (χ0) is 15.1. The second kappa shape index (κ2) is 4.82. The molecule has 2 heterocycles. The van der Waals surface area contributed by atoms with Crippen molar-refractivity contribution in [3.05, 3.63) is 52.6 Å². The van der Waals surface area contributed by atoms with Crippen LogP contribution >= 0.6 is 11.6 Å².